The number of aryl methyl sites for hydroxylation is 1. The van der Waals surface area contributed by atoms with Gasteiger partial charge in [0.25, 0.3) is 0 Å². The molecule has 0 saturated carbocycles. The fourth-order valence-electron chi connectivity index (χ4n) is 3.30. The molecular formula is C20H21N5O. The summed E-state index contributed by atoms with van der Waals surface area (Å²) in [6.07, 6.45) is 1.69. The molecule has 6 heteroatoms. The minimum absolute atomic E-state index is 0.0408. The summed E-state index contributed by atoms with van der Waals surface area (Å²) in [5, 5.41) is 17.7. The topological polar surface area (TPSA) is 75.0 Å². The van der Waals surface area contributed by atoms with Crippen molar-refractivity contribution in [1.29, 1.82) is 0 Å². The van der Waals surface area contributed by atoms with Crippen LogP contribution in [0.5, 0.6) is 0 Å². The zero-order chi connectivity index (χ0) is 17.9. The molecule has 4 rings (SSSR count). The zero-order valence-electron chi connectivity index (χ0n) is 14.6. The molecule has 0 fully saturated rings. The van der Waals surface area contributed by atoms with Crippen molar-refractivity contribution in [1.82, 2.24) is 14.5 Å². The second kappa shape index (κ2) is 7.01. The number of hydrogen-bond donors (Lipinski definition) is 3. The first-order chi connectivity index (χ1) is 12.8. The minimum Gasteiger partial charge on any atom is -0.395 e. The Labute approximate surface area is 151 Å². The van der Waals surface area contributed by atoms with Crippen molar-refractivity contribution in [2.75, 3.05) is 23.8 Å². The molecule has 3 N–H and O–H groups in total. The summed E-state index contributed by atoms with van der Waals surface area (Å²) in [5.74, 6) is 1.20. The Balaban J connectivity index is 1.71. The second-order valence-electron chi connectivity index (χ2n) is 6.03. The Morgan fingerprint density at radius 3 is 2.73 bits per heavy atom. The third-order valence-corrected chi connectivity index (χ3v) is 4.41. The molecule has 0 radical (unpaired) electrons. The standard InChI is InChI=1S/C20H21N5O/c1-2-25-17-6-4-3-5-15(17)16-13-14(7-8-18(16)25)23-19-9-10-21-20(24-19)22-11-12-26/h3-10,13,26H,2,11-12H2,1H3,(H2,21,22,23,24). The highest BCUT2D eigenvalue weighted by Gasteiger charge is 2.10. The number of hydrogen-bond acceptors (Lipinski definition) is 5. The summed E-state index contributed by atoms with van der Waals surface area (Å²) in [7, 11) is 0. The maximum absolute atomic E-state index is 8.91. The maximum atomic E-state index is 8.91. The van der Waals surface area contributed by atoms with Crippen LogP contribution in [0.4, 0.5) is 17.5 Å². The number of aliphatic hydroxyl groups excluding tert-OH is 1. The van der Waals surface area contributed by atoms with Gasteiger partial charge in [-0.1, -0.05) is 18.2 Å². The number of aliphatic hydroxyl groups is 1. The summed E-state index contributed by atoms with van der Waals surface area (Å²) in [6, 6.07) is 16.7. The van der Waals surface area contributed by atoms with Gasteiger partial charge in [0.1, 0.15) is 5.82 Å². The number of rotatable bonds is 6. The van der Waals surface area contributed by atoms with Gasteiger partial charge >= 0.3 is 0 Å². The summed E-state index contributed by atoms with van der Waals surface area (Å²) < 4.78 is 2.33. The van der Waals surface area contributed by atoms with E-state index in [1.165, 1.54) is 21.8 Å². The van der Waals surface area contributed by atoms with Crippen molar-refractivity contribution >= 4 is 39.3 Å². The van der Waals surface area contributed by atoms with E-state index in [-0.39, 0.29) is 6.61 Å². The number of benzene rings is 2. The van der Waals surface area contributed by atoms with Crippen LogP contribution in [-0.4, -0.2) is 32.8 Å². The van der Waals surface area contributed by atoms with E-state index in [4.69, 9.17) is 5.11 Å². The van der Waals surface area contributed by atoms with Gasteiger partial charge in [0.15, 0.2) is 0 Å². The molecule has 0 aliphatic heterocycles. The van der Waals surface area contributed by atoms with E-state index in [0.29, 0.717) is 18.3 Å². The van der Waals surface area contributed by atoms with Crippen LogP contribution in [0.15, 0.2) is 54.7 Å². The minimum atomic E-state index is 0.0408. The number of nitrogens with zero attached hydrogens (tertiary/aromatic N) is 3. The maximum Gasteiger partial charge on any atom is 0.224 e. The highest BCUT2D eigenvalue weighted by Crippen LogP contribution is 2.31. The smallest absolute Gasteiger partial charge is 0.224 e. The van der Waals surface area contributed by atoms with Crippen LogP contribution in [0.2, 0.25) is 0 Å². The highest BCUT2D eigenvalue weighted by molar-refractivity contribution is 6.09. The van der Waals surface area contributed by atoms with Crippen LogP contribution in [0.1, 0.15) is 6.92 Å². The van der Waals surface area contributed by atoms with Crippen LogP contribution in [0.25, 0.3) is 21.8 Å². The Bertz CT molecular complexity index is 1060. The number of anilines is 3. The molecule has 0 saturated heterocycles. The van der Waals surface area contributed by atoms with Crippen molar-refractivity contribution < 1.29 is 5.11 Å². The van der Waals surface area contributed by atoms with Gasteiger partial charge in [0.2, 0.25) is 5.95 Å². The molecule has 26 heavy (non-hydrogen) atoms. The van der Waals surface area contributed by atoms with Crippen LogP contribution in [0, 0.1) is 0 Å². The summed E-state index contributed by atoms with van der Waals surface area (Å²) in [4.78, 5) is 8.57. The van der Waals surface area contributed by atoms with Crippen molar-refractivity contribution in [3.8, 4) is 0 Å². The molecule has 0 amide bonds. The van der Waals surface area contributed by atoms with E-state index in [1.807, 2.05) is 6.07 Å². The molecular weight excluding hydrogens is 326 g/mol. The van der Waals surface area contributed by atoms with Crippen LogP contribution in [0.3, 0.4) is 0 Å². The predicted octanol–water partition coefficient (Wildman–Crippen LogP) is 3.75. The van der Waals surface area contributed by atoms with Gasteiger partial charge in [-0.25, -0.2) is 4.98 Å². The van der Waals surface area contributed by atoms with Gasteiger partial charge in [0, 0.05) is 46.8 Å². The predicted molar refractivity (Wildman–Crippen MR) is 106 cm³/mol. The fourth-order valence-corrected chi connectivity index (χ4v) is 3.30. The number of nitrogens with one attached hydrogen (secondary N) is 2. The van der Waals surface area contributed by atoms with Gasteiger partial charge < -0.3 is 20.3 Å². The lowest BCUT2D eigenvalue weighted by Gasteiger charge is -2.08. The molecule has 0 unspecified atom stereocenters. The lowest BCUT2D eigenvalue weighted by Crippen LogP contribution is -2.09. The van der Waals surface area contributed by atoms with Gasteiger partial charge in [0.05, 0.1) is 6.61 Å². The monoisotopic (exact) mass is 347 g/mol. The normalized spacial score (nSPS) is 11.2. The lowest BCUT2D eigenvalue weighted by atomic mass is 10.1. The largest absolute Gasteiger partial charge is 0.395 e. The van der Waals surface area contributed by atoms with Crippen molar-refractivity contribution in [3.05, 3.63) is 54.7 Å². The summed E-state index contributed by atoms with van der Waals surface area (Å²) >= 11 is 0. The molecule has 2 aromatic heterocycles. The summed E-state index contributed by atoms with van der Waals surface area (Å²) in [5.41, 5.74) is 3.45. The molecule has 0 spiro atoms. The quantitative estimate of drug-likeness (QED) is 0.495. The molecule has 2 aromatic carbocycles. The molecule has 4 aromatic rings. The summed E-state index contributed by atoms with van der Waals surface area (Å²) in [6.45, 7) is 3.56. The van der Waals surface area contributed by atoms with Crippen molar-refractivity contribution in [3.63, 3.8) is 0 Å². The Kier molecular flexibility index (Phi) is 4.41. The van der Waals surface area contributed by atoms with E-state index < -0.39 is 0 Å². The van der Waals surface area contributed by atoms with Gasteiger partial charge in [-0.15, -0.1) is 0 Å². The second-order valence-corrected chi connectivity index (χ2v) is 6.03. The first-order valence-electron chi connectivity index (χ1n) is 8.76. The molecule has 0 atom stereocenters. The molecule has 132 valence electrons. The Hall–Kier alpha value is -3.12. The van der Waals surface area contributed by atoms with Crippen molar-refractivity contribution in [2.24, 2.45) is 0 Å². The Morgan fingerprint density at radius 2 is 1.88 bits per heavy atom. The molecule has 0 aliphatic rings. The molecule has 0 bridgehead atoms. The third kappa shape index (κ3) is 2.95. The van der Waals surface area contributed by atoms with Gasteiger partial charge in [-0.3, -0.25) is 0 Å². The molecule has 0 aliphatic carbocycles. The first kappa shape index (κ1) is 16.4. The van der Waals surface area contributed by atoms with Crippen LogP contribution in [-0.2, 0) is 6.54 Å². The van der Waals surface area contributed by atoms with Crippen LogP contribution >= 0.6 is 0 Å². The number of fused-ring (bicyclic) bond motifs is 3. The van der Waals surface area contributed by atoms with E-state index >= 15 is 0 Å². The van der Waals surface area contributed by atoms with Gasteiger partial charge in [-0.05, 0) is 37.3 Å². The molecule has 2 heterocycles. The highest BCUT2D eigenvalue weighted by atomic mass is 16.3. The number of para-hydroxylation sites is 1. The van der Waals surface area contributed by atoms with Crippen molar-refractivity contribution in [2.45, 2.75) is 13.5 Å². The van der Waals surface area contributed by atoms with Gasteiger partial charge in [-0.2, -0.15) is 4.98 Å². The fraction of sp³-hybridized carbons (Fsp3) is 0.200. The average Bonchev–Trinajstić information content (AvgIpc) is 3.00. The Morgan fingerprint density at radius 1 is 1.04 bits per heavy atom. The van der Waals surface area contributed by atoms with E-state index in [0.717, 1.165) is 12.2 Å². The average molecular weight is 347 g/mol. The number of aromatic nitrogens is 3. The lowest BCUT2D eigenvalue weighted by molar-refractivity contribution is 0.311. The zero-order valence-corrected chi connectivity index (χ0v) is 14.6. The first-order valence-corrected chi connectivity index (χ1v) is 8.76. The van der Waals surface area contributed by atoms with E-state index in [9.17, 15) is 0 Å². The van der Waals surface area contributed by atoms with Crippen LogP contribution < -0.4 is 10.6 Å². The van der Waals surface area contributed by atoms with E-state index in [1.54, 1.807) is 6.20 Å². The SMILES string of the molecule is CCn1c2ccccc2c2cc(Nc3ccnc(NCCO)n3)ccc21. The van der Waals surface area contributed by atoms with E-state index in [2.05, 4.69) is 74.6 Å². The third-order valence-electron chi connectivity index (χ3n) is 4.41. The molecule has 6 nitrogen and oxygen atoms in total.